The van der Waals surface area contributed by atoms with Gasteiger partial charge in [-0.1, -0.05) is 39.0 Å². The monoisotopic (exact) mass is 348 g/mol. The molecule has 0 unspecified atom stereocenters. The second-order valence-electron chi connectivity index (χ2n) is 5.46. The van der Waals surface area contributed by atoms with Crippen LogP contribution in [0, 0.1) is 0 Å². The number of rotatable bonds is 19. The van der Waals surface area contributed by atoms with Gasteiger partial charge in [0.2, 0.25) is 0 Å². The third kappa shape index (κ3) is 19.4. The van der Waals surface area contributed by atoms with E-state index >= 15 is 0 Å². The normalized spacial score (nSPS) is 10.9. The van der Waals surface area contributed by atoms with Crippen molar-refractivity contribution < 1.29 is 28.5 Å². The number of carbonyl (C=O) groups is 1. The zero-order valence-electron chi connectivity index (χ0n) is 15.6. The lowest BCUT2D eigenvalue weighted by molar-refractivity contribution is -0.149. The smallest absolute Gasteiger partial charge is 0.332 e. The Labute approximate surface area is 147 Å². The first-order valence-electron chi connectivity index (χ1n) is 9.27. The quantitative estimate of drug-likeness (QED) is 0.264. The summed E-state index contributed by atoms with van der Waals surface area (Å²) >= 11 is 0. The third-order valence-corrected chi connectivity index (χ3v) is 3.28. The molecule has 0 radical (unpaired) electrons. The first kappa shape index (κ1) is 23.3. The summed E-state index contributed by atoms with van der Waals surface area (Å²) in [7, 11) is 0. The molecule has 144 valence electrons. The molecule has 0 spiro atoms. The minimum Gasteiger partial charge on any atom is -0.464 e. The van der Waals surface area contributed by atoms with Gasteiger partial charge in [0.1, 0.15) is 6.61 Å². The molecule has 0 rings (SSSR count). The topological polar surface area (TPSA) is 63.2 Å². The average molecular weight is 348 g/mol. The maximum Gasteiger partial charge on any atom is 0.332 e. The maximum absolute atomic E-state index is 11.0. The van der Waals surface area contributed by atoms with Gasteiger partial charge < -0.3 is 23.7 Å². The van der Waals surface area contributed by atoms with E-state index in [1.807, 2.05) is 0 Å². The molecule has 6 heteroatoms. The van der Waals surface area contributed by atoms with Crippen molar-refractivity contribution in [3.63, 3.8) is 0 Å². The highest BCUT2D eigenvalue weighted by atomic mass is 16.6. The van der Waals surface area contributed by atoms with E-state index in [0.717, 1.165) is 13.0 Å². The van der Waals surface area contributed by atoms with Crippen LogP contribution in [0.1, 0.15) is 52.4 Å². The van der Waals surface area contributed by atoms with Gasteiger partial charge in [-0.05, 0) is 13.3 Å². The largest absolute Gasteiger partial charge is 0.464 e. The second kappa shape index (κ2) is 20.4. The van der Waals surface area contributed by atoms with Gasteiger partial charge in [0.05, 0.1) is 46.2 Å². The molecular weight excluding hydrogens is 312 g/mol. The van der Waals surface area contributed by atoms with E-state index in [1.165, 1.54) is 32.1 Å². The number of hydrogen-bond donors (Lipinski definition) is 0. The molecule has 0 bridgehead atoms. The highest BCUT2D eigenvalue weighted by molar-refractivity contribution is 5.70. The van der Waals surface area contributed by atoms with E-state index in [4.69, 9.17) is 23.7 Å². The lowest BCUT2D eigenvalue weighted by Crippen LogP contribution is -2.16. The minimum absolute atomic E-state index is 0.0242. The Balaban J connectivity index is 3.01. The van der Waals surface area contributed by atoms with E-state index in [-0.39, 0.29) is 12.6 Å². The van der Waals surface area contributed by atoms with Crippen molar-refractivity contribution in [3.05, 3.63) is 0 Å². The van der Waals surface area contributed by atoms with Crippen molar-refractivity contribution in [1.29, 1.82) is 0 Å². The van der Waals surface area contributed by atoms with Crippen molar-refractivity contribution in [1.82, 2.24) is 0 Å². The zero-order valence-corrected chi connectivity index (χ0v) is 15.6. The molecule has 0 heterocycles. The van der Waals surface area contributed by atoms with E-state index in [0.29, 0.717) is 46.2 Å². The van der Waals surface area contributed by atoms with Crippen LogP contribution in [0.3, 0.4) is 0 Å². The summed E-state index contributed by atoms with van der Waals surface area (Å²) < 4.78 is 26.1. The summed E-state index contributed by atoms with van der Waals surface area (Å²) in [6, 6.07) is 0. The molecule has 0 fully saturated rings. The molecule has 0 saturated carbocycles. The fourth-order valence-corrected chi connectivity index (χ4v) is 2.00. The Bertz CT molecular complexity index is 260. The van der Waals surface area contributed by atoms with Gasteiger partial charge in [-0.2, -0.15) is 0 Å². The van der Waals surface area contributed by atoms with Crippen molar-refractivity contribution in [2.24, 2.45) is 0 Å². The minimum atomic E-state index is -0.346. The molecule has 6 nitrogen and oxygen atoms in total. The number of ether oxygens (including phenoxy) is 5. The number of carbonyl (C=O) groups excluding carboxylic acids is 1. The Morgan fingerprint density at radius 2 is 1.12 bits per heavy atom. The third-order valence-electron chi connectivity index (χ3n) is 3.28. The SMILES string of the molecule is CCCCCCCCOCCOCCOCCOCC(=O)OCC. The predicted molar refractivity (Wildman–Crippen MR) is 93.3 cm³/mol. The molecule has 0 atom stereocenters. The van der Waals surface area contributed by atoms with Gasteiger partial charge in [0, 0.05) is 6.61 Å². The number of hydrogen-bond acceptors (Lipinski definition) is 6. The highest BCUT2D eigenvalue weighted by Gasteiger charge is 2.00. The fraction of sp³-hybridized carbons (Fsp3) is 0.944. The molecule has 0 aromatic rings. The fourth-order valence-electron chi connectivity index (χ4n) is 2.00. The van der Waals surface area contributed by atoms with E-state index in [2.05, 4.69) is 6.92 Å². The molecule has 0 aromatic carbocycles. The van der Waals surface area contributed by atoms with E-state index in [1.54, 1.807) is 6.92 Å². The standard InChI is InChI=1S/C18H36O6/c1-3-5-6-7-8-9-10-20-11-12-21-13-14-22-15-16-23-17-18(19)24-4-2/h3-17H2,1-2H3. The number of esters is 1. The molecule has 0 aliphatic heterocycles. The lowest BCUT2D eigenvalue weighted by Gasteiger charge is -2.07. The van der Waals surface area contributed by atoms with Crippen LogP contribution in [0.4, 0.5) is 0 Å². The molecular formula is C18H36O6. The Morgan fingerprint density at radius 3 is 1.71 bits per heavy atom. The second-order valence-corrected chi connectivity index (χ2v) is 5.46. The molecule has 0 aliphatic rings. The summed E-state index contributed by atoms with van der Waals surface area (Å²) in [5, 5.41) is 0. The Kier molecular flexibility index (Phi) is 19.8. The van der Waals surface area contributed by atoms with Crippen LogP contribution in [-0.4, -0.2) is 65.4 Å². The first-order chi connectivity index (χ1) is 11.8. The number of unbranched alkanes of at least 4 members (excludes halogenated alkanes) is 5. The summed E-state index contributed by atoms with van der Waals surface area (Å²) in [6.07, 6.45) is 7.68. The van der Waals surface area contributed by atoms with Gasteiger partial charge in [0.25, 0.3) is 0 Å². The van der Waals surface area contributed by atoms with Crippen LogP contribution < -0.4 is 0 Å². The zero-order chi connectivity index (χ0) is 17.7. The van der Waals surface area contributed by atoms with Gasteiger partial charge in [-0.25, -0.2) is 4.79 Å². The first-order valence-corrected chi connectivity index (χ1v) is 9.27. The maximum atomic E-state index is 11.0. The lowest BCUT2D eigenvalue weighted by atomic mass is 10.1. The van der Waals surface area contributed by atoms with E-state index < -0.39 is 0 Å². The Hall–Kier alpha value is -0.690. The predicted octanol–water partition coefficient (Wildman–Crippen LogP) is 2.98. The van der Waals surface area contributed by atoms with Crippen molar-refractivity contribution in [2.45, 2.75) is 52.4 Å². The van der Waals surface area contributed by atoms with Crippen molar-refractivity contribution in [3.8, 4) is 0 Å². The van der Waals surface area contributed by atoms with Gasteiger partial charge in [-0.3, -0.25) is 0 Å². The van der Waals surface area contributed by atoms with Gasteiger partial charge in [0.15, 0.2) is 0 Å². The molecule has 0 aromatic heterocycles. The van der Waals surface area contributed by atoms with Crippen molar-refractivity contribution in [2.75, 3.05) is 59.5 Å². The summed E-state index contributed by atoms with van der Waals surface area (Å²) in [6.45, 7) is 8.27. The summed E-state index contributed by atoms with van der Waals surface area (Å²) in [5.74, 6) is -0.346. The van der Waals surface area contributed by atoms with Gasteiger partial charge in [-0.15, -0.1) is 0 Å². The van der Waals surface area contributed by atoms with Crippen LogP contribution in [0.2, 0.25) is 0 Å². The van der Waals surface area contributed by atoms with Crippen LogP contribution in [-0.2, 0) is 28.5 Å². The molecule has 0 N–H and O–H groups in total. The van der Waals surface area contributed by atoms with Crippen LogP contribution in [0.25, 0.3) is 0 Å². The van der Waals surface area contributed by atoms with Crippen LogP contribution in [0.15, 0.2) is 0 Å². The Morgan fingerprint density at radius 1 is 0.625 bits per heavy atom. The average Bonchev–Trinajstić information content (AvgIpc) is 2.58. The molecule has 0 aliphatic carbocycles. The highest BCUT2D eigenvalue weighted by Crippen LogP contribution is 2.04. The summed E-state index contributed by atoms with van der Waals surface area (Å²) in [5.41, 5.74) is 0. The van der Waals surface area contributed by atoms with Crippen LogP contribution in [0.5, 0.6) is 0 Å². The van der Waals surface area contributed by atoms with Gasteiger partial charge >= 0.3 is 5.97 Å². The molecule has 24 heavy (non-hydrogen) atoms. The van der Waals surface area contributed by atoms with Crippen LogP contribution >= 0.6 is 0 Å². The summed E-state index contributed by atoms with van der Waals surface area (Å²) in [4.78, 5) is 11.0. The van der Waals surface area contributed by atoms with E-state index in [9.17, 15) is 4.79 Å². The molecule has 0 saturated heterocycles. The molecule has 0 amide bonds. The van der Waals surface area contributed by atoms with Crippen molar-refractivity contribution >= 4 is 5.97 Å².